The van der Waals surface area contributed by atoms with E-state index in [-0.39, 0.29) is 5.38 Å². The second-order valence-corrected chi connectivity index (χ2v) is 5.44. The number of benzene rings is 1. The predicted octanol–water partition coefficient (Wildman–Crippen LogP) is 5.04. The second kappa shape index (κ2) is 5.19. The maximum Gasteiger partial charge on any atom is 0.106 e. The molecule has 0 N–H and O–H groups in total. The molecule has 96 valence electrons. The minimum Gasteiger partial charge on any atom is -0.466 e. The highest BCUT2D eigenvalue weighted by Crippen LogP contribution is 2.33. The Balaban J connectivity index is 2.21. The van der Waals surface area contributed by atoms with Gasteiger partial charge in [0.05, 0.1) is 5.38 Å². The van der Waals surface area contributed by atoms with E-state index in [9.17, 15) is 0 Å². The molecule has 2 heteroatoms. The summed E-state index contributed by atoms with van der Waals surface area (Å²) < 4.78 is 5.64. The molecule has 0 bridgehead atoms. The molecular weight excluding hydrogens is 244 g/mol. The number of hydrogen-bond donors (Lipinski definition) is 0. The average molecular weight is 263 g/mol. The summed E-state index contributed by atoms with van der Waals surface area (Å²) >= 11 is 6.54. The van der Waals surface area contributed by atoms with E-state index >= 15 is 0 Å². The highest BCUT2D eigenvalue weighted by Gasteiger charge is 2.19. The monoisotopic (exact) mass is 262 g/mol. The molecule has 1 aromatic carbocycles. The Morgan fingerprint density at radius 2 is 1.61 bits per heavy atom. The molecule has 0 saturated carbocycles. The van der Waals surface area contributed by atoms with Crippen molar-refractivity contribution in [1.82, 2.24) is 0 Å². The van der Waals surface area contributed by atoms with Crippen LogP contribution in [0.3, 0.4) is 0 Å². The van der Waals surface area contributed by atoms with Gasteiger partial charge in [-0.25, -0.2) is 0 Å². The number of hydrogen-bond acceptors (Lipinski definition) is 1. The summed E-state index contributed by atoms with van der Waals surface area (Å²) in [6.07, 6.45) is 0.836. The second-order valence-electron chi connectivity index (χ2n) is 4.91. The molecule has 1 unspecified atom stereocenters. The van der Waals surface area contributed by atoms with Crippen LogP contribution in [0.4, 0.5) is 0 Å². The first-order valence-electron chi connectivity index (χ1n) is 6.25. The van der Waals surface area contributed by atoms with Gasteiger partial charge in [0.15, 0.2) is 0 Å². The first kappa shape index (κ1) is 13.2. The number of halogens is 1. The van der Waals surface area contributed by atoms with E-state index in [0.29, 0.717) is 0 Å². The van der Waals surface area contributed by atoms with Gasteiger partial charge in [0, 0.05) is 5.56 Å². The molecule has 0 aliphatic rings. The minimum atomic E-state index is -0.0230. The molecule has 1 nitrogen and oxygen atoms in total. The molecule has 0 aliphatic heterocycles. The summed E-state index contributed by atoms with van der Waals surface area (Å²) in [4.78, 5) is 0. The van der Waals surface area contributed by atoms with Crippen molar-refractivity contribution in [1.29, 1.82) is 0 Å². The van der Waals surface area contributed by atoms with Crippen LogP contribution in [0.25, 0.3) is 0 Å². The Morgan fingerprint density at radius 1 is 1.00 bits per heavy atom. The Hall–Kier alpha value is -1.21. The van der Waals surface area contributed by atoms with Crippen molar-refractivity contribution in [3.8, 4) is 0 Å². The Bertz CT molecular complexity index is 537. The van der Waals surface area contributed by atoms with Crippen molar-refractivity contribution in [3.05, 3.63) is 58.0 Å². The zero-order chi connectivity index (χ0) is 13.3. The third kappa shape index (κ3) is 2.62. The van der Waals surface area contributed by atoms with E-state index in [1.807, 2.05) is 13.8 Å². The predicted molar refractivity (Wildman–Crippen MR) is 76.4 cm³/mol. The normalized spacial score (nSPS) is 12.7. The largest absolute Gasteiger partial charge is 0.466 e. The summed E-state index contributed by atoms with van der Waals surface area (Å²) in [6, 6.07) is 8.53. The van der Waals surface area contributed by atoms with E-state index in [1.165, 1.54) is 16.7 Å². The van der Waals surface area contributed by atoms with E-state index in [0.717, 1.165) is 23.5 Å². The number of aryl methyl sites for hydroxylation is 3. The number of alkyl halides is 1. The SMILES string of the molecule is Cc1ccc(CC(Cl)c2c(C)oc(C)c2C)cc1. The van der Waals surface area contributed by atoms with Crippen molar-refractivity contribution in [2.45, 2.75) is 39.5 Å². The molecule has 1 heterocycles. The van der Waals surface area contributed by atoms with Crippen LogP contribution in [0, 0.1) is 27.7 Å². The molecule has 0 radical (unpaired) electrons. The Kier molecular flexibility index (Phi) is 3.82. The highest BCUT2D eigenvalue weighted by molar-refractivity contribution is 6.21. The van der Waals surface area contributed by atoms with Crippen molar-refractivity contribution in [2.75, 3.05) is 0 Å². The summed E-state index contributed by atoms with van der Waals surface area (Å²) in [5.74, 6) is 1.91. The van der Waals surface area contributed by atoms with Crippen molar-refractivity contribution >= 4 is 11.6 Å². The molecule has 1 aromatic heterocycles. The van der Waals surface area contributed by atoms with Gasteiger partial charge in [-0.2, -0.15) is 0 Å². The lowest BCUT2D eigenvalue weighted by atomic mass is 10.00. The molecule has 0 aliphatic carbocycles. The van der Waals surface area contributed by atoms with Crippen LogP contribution < -0.4 is 0 Å². The van der Waals surface area contributed by atoms with Crippen LogP contribution in [0.5, 0.6) is 0 Å². The third-order valence-corrected chi connectivity index (χ3v) is 3.84. The summed E-state index contributed by atoms with van der Waals surface area (Å²) in [5, 5.41) is -0.0230. The zero-order valence-electron chi connectivity index (χ0n) is 11.4. The lowest BCUT2D eigenvalue weighted by molar-refractivity contribution is 0.499. The highest BCUT2D eigenvalue weighted by atomic mass is 35.5. The lowest BCUT2D eigenvalue weighted by Gasteiger charge is -2.10. The van der Waals surface area contributed by atoms with Crippen molar-refractivity contribution in [2.24, 2.45) is 0 Å². The molecule has 0 amide bonds. The molecule has 0 fully saturated rings. The van der Waals surface area contributed by atoms with Gasteiger partial charge in [-0.1, -0.05) is 29.8 Å². The molecule has 2 aromatic rings. The quantitative estimate of drug-likeness (QED) is 0.707. The van der Waals surface area contributed by atoms with Gasteiger partial charge in [0.25, 0.3) is 0 Å². The van der Waals surface area contributed by atoms with E-state index < -0.39 is 0 Å². The standard InChI is InChI=1S/C16H19ClO/c1-10-5-7-14(8-6-10)9-15(17)16-11(2)12(3)18-13(16)4/h5-8,15H,9H2,1-4H3. The fourth-order valence-corrected chi connectivity index (χ4v) is 2.80. The van der Waals surface area contributed by atoms with E-state index in [1.54, 1.807) is 0 Å². The van der Waals surface area contributed by atoms with Crippen LogP contribution >= 0.6 is 11.6 Å². The van der Waals surface area contributed by atoms with Crippen LogP contribution in [0.2, 0.25) is 0 Å². The number of furan rings is 1. The van der Waals surface area contributed by atoms with Crippen molar-refractivity contribution in [3.63, 3.8) is 0 Å². The maximum absolute atomic E-state index is 6.54. The molecule has 1 atom stereocenters. The number of rotatable bonds is 3. The first-order valence-corrected chi connectivity index (χ1v) is 6.68. The van der Waals surface area contributed by atoms with E-state index in [2.05, 4.69) is 38.1 Å². The van der Waals surface area contributed by atoms with Gasteiger partial charge in [-0.05, 0) is 45.2 Å². The molecular formula is C16H19ClO. The van der Waals surface area contributed by atoms with Crippen molar-refractivity contribution < 1.29 is 4.42 Å². The van der Waals surface area contributed by atoms with Gasteiger partial charge in [-0.15, -0.1) is 11.6 Å². The fourth-order valence-electron chi connectivity index (χ4n) is 2.30. The molecule has 18 heavy (non-hydrogen) atoms. The smallest absolute Gasteiger partial charge is 0.106 e. The van der Waals surface area contributed by atoms with Gasteiger partial charge in [-0.3, -0.25) is 0 Å². The maximum atomic E-state index is 6.54. The average Bonchev–Trinajstić information content (AvgIpc) is 2.56. The van der Waals surface area contributed by atoms with Crippen LogP contribution in [0.15, 0.2) is 28.7 Å². The van der Waals surface area contributed by atoms with Gasteiger partial charge >= 0.3 is 0 Å². The summed E-state index contributed by atoms with van der Waals surface area (Å²) in [5.41, 5.74) is 4.86. The summed E-state index contributed by atoms with van der Waals surface area (Å²) in [6.45, 7) is 8.14. The Morgan fingerprint density at radius 3 is 2.11 bits per heavy atom. The van der Waals surface area contributed by atoms with Gasteiger partial charge < -0.3 is 4.42 Å². The third-order valence-electron chi connectivity index (χ3n) is 3.47. The topological polar surface area (TPSA) is 13.1 Å². The van der Waals surface area contributed by atoms with Gasteiger partial charge in [0.2, 0.25) is 0 Å². The lowest BCUT2D eigenvalue weighted by Crippen LogP contribution is -1.98. The molecule has 2 rings (SSSR count). The van der Waals surface area contributed by atoms with Crippen LogP contribution in [-0.4, -0.2) is 0 Å². The van der Waals surface area contributed by atoms with Crippen LogP contribution in [0.1, 0.15) is 39.2 Å². The minimum absolute atomic E-state index is 0.0230. The fraction of sp³-hybridized carbons (Fsp3) is 0.375. The van der Waals surface area contributed by atoms with Gasteiger partial charge in [0.1, 0.15) is 11.5 Å². The van der Waals surface area contributed by atoms with Crippen LogP contribution in [-0.2, 0) is 6.42 Å². The zero-order valence-corrected chi connectivity index (χ0v) is 12.1. The Labute approximate surface area is 114 Å². The first-order chi connectivity index (χ1) is 8.49. The van der Waals surface area contributed by atoms with E-state index in [4.69, 9.17) is 16.0 Å². The molecule has 0 spiro atoms. The summed E-state index contributed by atoms with van der Waals surface area (Å²) in [7, 11) is 0. The molecule has 0 saturated heterocycles.